The van der Waals surface area contributed by atoms with Crippen LogP contribution < -0.4 is 4.74 Å². The van der Waals surface area contributed by atoms with Gasteiger partial charge >= 0.3 is 0 Å². The molecule has 0 aliphatic heterocycles. The molecule has 0 radical (unpaired) electrons. The lowest BCUT2D eigenvalue weighted by molar-refractivity contribution is 0.293. The van der Waals surface area contributed by atoms with Crippen molar-refractivity contribution < 1.29 is 4.74 Å². The molecule has 0 aliphatic carbocycles. The van der Waals surface area contributed by atoms with Crippen molar-refractivity contribution in [2.75, 3.05) is 6.61 Å². The molecule has 2 heteroatoms. The van der Waals surface area contributed by atoms with E-state index in [1.54, 1.807) is 6.20 Å². The molecule has 0 unspecified atom stereocenters. The number of ether oxygens (including phenoxy) is 1. The first-order valence-electron chi connectivity index (χ1n) is 11.0. The van der Waals surface area contributed by atoms with Crippen molar-refractivity contribution >= 4 is 0 Å². The van der Waals surface area contributed by atoms with E-state index in [1.165, 1.54) is 96.3 Å². The van der Waals surface area contributed by atoms with Gasteiger partial charge in [0.15, 0.2) is 0 Å². The van der Waals surface area contributed by atoms with E-state index in [0.717, 1.165) is 18.9 Å². The molecule has 0 aromatic carbocycles. The Morgan fingerprint density at radius 2 is 1.12 bits per heavy atom. The standard InChI is InChI=1S/C23H41NO/c1-2-3-4-5-6-7-8-9-10-11-12-13-14-15-16-19-22-25-23-20-17-18-21-24-23/h17-18,20-21H,2-16,19,22H2,1H3. The Kier molecular flexibility index (Phi) is 15.6. The van der Waals surface area contributed by atoms with Gasteiger partial charge in [-0.25, -0.2) is 4.98 Å². The first-order chi connectivity index (χ1) is 12.4. The summed E-state index contributed by atoms with van der Waals surface area (Å²) in [6.45, 7) is 3.09. The summed E-state index contributed by atoms with van der Waals surface area (Å²) in [7, 11) is 0. The highest BCUT2D eigenvalue weighted by Crippen LogP contribution is 2.14. The van der Waals surface area contributed by atoms with Gasteiger partial charge in [-0.1, -0.05) is 109 Å². The van der Waals surface area contributed by atoms with Gasteiger partial charge in [-0.15, -0.1) is 0 Å². The molecule has 0 saturated heterocycles. The fourth-order valence-corrected chi connectivity index (χ4v) is 3.26. The number of aromatic nitrogens is 1. The number of hydrogen-bond acceptors (Lipinski definition) is 2. The average Bonchev–Trinajstić information content (AvgIpc) is 2.65. The van der Waals surface area contributed by atoms with Gasteiger partial charge in [0.1, 0.15) is 0 Å². The predicted molar refractivity (Wildman–Crippen MR) is 109 cm³/mol. The van der Waals surface area contributed by atoms with E-state index in [0.29, 0.717) is 0 Å². The largest absolute Gasteiger partial charge is 0.478 e. The highest BCUT2D eigenvalue weighted by Gasteiger charge is 1.96. The molecule has 2 nitrogen and oxygen atoms in total. The highest BCUT2D eigenvalue weighted by molar-refractivity contribution is 5.08. The molecule has 1 heterocycles. The normalized spacial score (nSPS) is 10.9. The molecule has 25 heavy (non-hydrogen) atoms. The summed E-state index contributed by atoms with van der Waals surface area (Å²) in [4.78, 5) is 4.17. The van der Waals surface area contributed by atoms with Crippen LogP contribution in [0.15, 0.2) is 24.4 Å². The molecule has 144 valence electrons. The van der Waals surface area contributed by atoms with Crippen molar-refractivity contribution in [2.45, 2.75) is 110 Å². The maximum absolute atomic E-state index is 5.61. The van der Waals surface area contributed by atoms with Crippen LogP contribution in [0.2, 0.25) is 0 Å². The van der Waals surface area contributed by atoms with Crippen LogP contribution in [-0.4, -0.2) is 11.6 Å². The Morgan fingerprint density at radius 1 is 0.640 bits per heavy atom. The topological polar surface area (TPSA) is 22.1 Å². The summed E-state index contributed by atoms with van der Waals surface area (Å²) < 4.78 is 5.61. The summed E-state index contributed by atoms with van der Waals surface area (Å²) in [5, 5.41) is 0. The van der Waals surface area contributed by atoms with Gasteiger partial charge in [0, 0.05) is 12.3 Å². The lowest BCUT2D eigenvalue weighted by Gasteiger charge is -2.05. The van der Waals surface area contributed by atoms with E-state index in [4.69, 9.17) is 4.74 Å². The first kappa shape index (κ1) is 22.0. The second-order valence-electron chi connectivity index (χ2n) is 7.32. The molecule has 0 aliphatic rings. The van der Waals surface area contributed by atoms with Crippen LogP contribution in [0.3, 0.4) is 0 Å². The molecule has 1 aromatic rings. The minimum Gasteiger partial charge on any atom is -0.478 e. The monoisotopic (exact) mass is 347 g/mol. The van der Waals surface area contributed by atoms with Gasteiger partial charge in [0.05, 0.1) is 6.61 Å². The smallest absolute Gasteiger partial charge is 0.213 e. The summed E-state index contributed by atoms with van der Waals surface area (Å²) in [5.41, 5.74) is 0. The number of pyridine rings is 1. The number of nitrogens with zero attached hydrogens (tertiary/aromatic N) is 1. The molecule has 1 rings (SSSR count). The fourth-order valence-electron chi connectivity index (χ4n) is 3.26. The molecular weight excluding hydrogens is 306 g/mol. The van der Waals surface area contributed by atoms with Crippen molar-refractivity contribution in [3.8, 4) is 5.88 Å². The molecule has 0 saturated carbocycles. The molecule has 0 fully saturated rings. The molecule has 0 amide bonds. The molecule has 0 atom stereocenters. The van der Waals surface area contributed by atoms with E-state index in [9.17, 15) is 0 Å². The van der Waals surface area contributed by atoms with Gasteiger partial charge < -0.3 is 4.74 Å². The SMILES string of the molecule is CCCCCCCCCCCCCCCCCCOc1ccccn1. The van der Waals surface area contributed by atoms with Crippen molar-refractivity contribution in [3.63, 3.8) is 0 Å². The fraction of sp³-hybridized carbons (Fsp3) is 0.783. The van der Waals surface area contributed by atoms with Crippen LogP contribution in [0, 0.1) is 0 Å². The quantitative estimate of drug-likeness (QED) is 0.253. The van der Waals surface area contributed by atoms with Gasteiger partial charge in [-0.3, -0.25) is 0 Å². The van der Waals surface area contributed by atoms with Crippen LogP contribution in [0.5, 0.6) is 5.88 Å². The predicted octanol–water partition coefficient (Wildman–Crippen LogP) is 7.72. The summed E-state index contributed by atoms with van der Waals surface area (Å²) in [6.07, 6.45) is 24.2. The molecular formula is C23H41NO. The van der Waals surface area contributed by atoms with Crippen LogP contribution in [0.4, 0.5) is 0 Å². The summed E-state index contributed by atoms with van der Waals surface area (Å²) >= 11 is 0. The zero-order valence-corrected chi connectivity index (χ0v) is 16.7. The molecule has 0 spiro atoms. The second-order valence-corrected chi connectivity index (χ2v) is 7.32. The molecule has 0 bridgehead atoms. The number of hydrogen-bond donors (Lipinski definition) is 0. The van der Waals surface area contributed by atoms with Crippen molar-refractivity contribution in [1.29, 1.82) is 0 Å². The van der Waals surface area contributed by atoms with Gasteiger partial charge in [0.25, 0.3) is 0 Å². The maximum atomic E-state index is 5.61. The Morgan fingerprint density at radius 3 is 1.56 bits per heavy atom. The minimum absolute atomic E-state index is 0.753. The van der Waals surface area contributed by atoms with Crippen LogP contribution in [0.1, 0.15) is 110 Å². The Labute approximate surface area is 156 Å². The second kappa shape index (κ2) is 17.8. The highest BCUT2D eigenvalue weighted by atomic mass is 16.5. The van der Waals surface area contributed by atoms with Crippen LogP contribution in [0.25, 0.3) is 0 Å². The Balaban J connectivity index is 1.69. The third-order valence-electron chi connectivity index (χ3n) is 4.89. The third kappa shape index (κ3) is 15.0. The first-order valence-corrected chi connectivity index (χ1v) is 11.0. The average molecular weight is 348 g/mol. The van der Waals surface area contributed by atoms with Crippen molar-refractivity contribution in [1.82, 2.24) is 4.98 Å². The van der Waals surface area contributed by atoms with E-state index < -0.39 is 0 Å². The van der Waals surface area contributed by atoms with Gasteiger partial charge in [-0.2, -0.15) is 0 Å². The van der Waals surface area contributed by atoms with Gasteiger partial charge in [-0.05, 0) is 12.5 Å². The van der Waals surface area contributed by atoms with E-state index in [1.807, 2.05) is 18.2 Å². The van der Waals surface area contributed by atoms with E-state index >= 15 is 0 Å². The number of unbranched alkanes of at least 4 members (excludes halogenated alkanes) is 15. The zero-order valence-electron chi connectivity index (χ0n) is 16.7. The lowest BCUT2D eigenvalue weighted by Crippen LogP contribution is -1.98. The van der Waals surface area contributed by atoms with Crippen molar-refractivity contribution in [2.24, 2.45) is 0 Å². The molecule has 1 aromatic heterocycles. The number of rotatable bonds is 18. The maximum Gasteiger partial charge on any atom is 0.213 e. The summed E-state index contributed by atoms with van der Waals surface area (Å²) in [6, 6.07) is 5.81. The van der Waals surface area contributed by atoms with Crippen molar-refractivity contribution in [3.05, 3.63) is 24.4 Å². The Hall–Kier alpha value is -1.05. The third-order valence-corrected chi connectivity index (χ3v) is 4.89. The van der Waals surface area contributed by atoms with Crippen LogP contribution >= 0.6 is 0 Å². The molecule has 0 N–H and O–H groups in total. The minimum atomic E-state index is 0.753. The van der Waals surface area contributed by atoms with Gasteiger partial charge in [0.2, 0.25) is 5.88 Å². The summed E-state index contributed by atoms with van der Waals surface area (Å²) in [5.74, 6) is 0.753. The zero-order chi connectivity index (χ0) is 17.8. The van der Waals surface area contributed by atoms with E-state index in [-0.39, 0.29) is 0 Å². The van der Waals surface area contributed by atoms with E-state index in [2.05, 4.69) is 11.9 Å². The lowest BCUT2D eigenvalue weighted by atomic mass is 10.0. The Bertz CT molecular complexity index is 366. The van der Waals surface area contributed by atoms with Crippen LogP contribution in [-0.2, 0) is 0 Å².